The summed E-state index contributed by atoms with van der Waals surface area (Å²) in [5.74, 6) is -0.903. The van der Waals surface area contributed by atoms with Crippen molar-refractivity contribution in [3.8, 4) is 0 Å². The molecule has 1 aliphatic rings. The van der Waals surface area contributed by atoms with Crippen LogP contribution < -0.4 is 5.32 Å². The van der Waals surface area contributed by atoms with E-state index in [2.05, 4.69) is 5.32 Å². The highest BCUT2D eigenvalue weighted by Crippen LogP contribution is 2.29. The van der Waals surface area contributed by atoms with Gasteiger partial charge in [-0.25, -0.2) is 4.79 Å². The number of carbonyl (C=O) groups excluding carboxylic acids is 1. The molecule has 104 valence electrons. The minimum absolute atomic E-state index is 0.276. The number of carboxylic acids is 1. The lowest BCUT2D eigenvalue weighted by atomic mass is 10.3. The highest BCUT2D eigenvalue weighted by Gasteiger charge is 2.29. The maximum atomic E-state index is 11.9. The number of rotatable bonds is 6. The third kappa shape index (κ3) is 6.31. The fraction of sp³-hybridized carbons (Fsp3) is 0.800. The van der Waals surface area contributed by atoms with Crippen LogP contribution in [0.2, 0.25) is 0 Å². The molecule has 0 aromatic carbocycles. The van der Waals surface area contributed by atoms with Crippen LogP contribution in [-0.4, -0.2) is 47.8 Å². The number of amides is 2. The lowest BCUT2D eigenvalue weighted by Crippen LogP contribution is -2.44. The summed E-state index contributed by atoms with van der Waals surface area (Å²) < 4.78 is 35.6. The second kappa shape index (κ2) is 5.92. The van der Waals surface area contributed by atoms with Gasteiger partial charge < -0.3 is 15.3 Å². The zero-order valence-electron chi connectivity index (χ0n) is 9.66. The summed E-state index contributed by atoms with van der Waals surface area (Å²) >= 11 is 0. The van der Waals surface area contributed by atoms with Gasteiger partial charge in [0.15, 0.2) is 0 Å². The molecular weight excluding hydrogens is 253 g/mol. The molecule has 1 rings (SSSR count). The van der Waals surface area contributed by atoms with E-state index < -0.39 is 37.7 Å². The Balaban J connectivity index is 2.35. The Morgan fingerprint density at radius 1 is 1.33 bits per heavy atom. The minimum Gasteiger partial charge on any atom is -0.480 e. The number of hydrogen-bond acceptors (Lipinski definition) is 2. The topological polar surface area (TPSA) is 69.6 Å². The van der Waals surface area contributed by atoms with E-state index in [4.69, 9.17) is 5.11 Å². The number of nitrogens with zero attached hydrogens (tertiary/aromatic N) is 1. The van der Waals surface area contributed by atoms with Gasteiger partial charge in [0.25, 0.3) is 0 Å². The lowest BCUT2D eigenvalue weighted by Gasteiger charge is -2.21. The van der Waals surface area contributed by atoms with Crippen molar-refractivity contribution in [3.63, 3.8) is 0 Å². The van der Waals surface area contributed by atoms with Gasteiger partial charge in [-0.05, 0) is 18.8 Å². The molecule has 0 aliphatic heterocycles. The van der Waals surface area contributed by atoms with Gasteiger partial charge in [-0.3, -0.25) is 4.79 Å². The molecule has 0 spiro atoms. The highest BCUT2D eigenvalue weighted by atomic mass is 19.4. The van der Waals surface area contributed by atoms with Crippen LogP contribution in [0.15, 0.2) is 0 Å². The van der Waals surface area contributed by atoms with E-state index >= 15 is 0 Å². The molecular formula is C10H15F3N2O3. The molecule has 0 atom stereocenters. The molecule has 0 radical (unpaired) electrons. The van der Waals surface area contributed by atoms with E-state index in [1.165, 1.54) is 0 Å². The number of carboxylic acid groups (broad SMARTS) is 1. The van der Waals surface area contributed by atoms with Crippen LogP contribution in [0, 0.1) is 5.92 Å². The third-order valence-electron chi connectivity index (χ3n) is 2.47. The van der Waals surface area contributed by atoms with Crippen molar-refractivity contribution < 1.29 is 27.9 Å². The molecule has 1 saturated carbocycles. The van der Waals surface area contributed by atoms with E-state index in [1.807, 2.05) is 0 Å². The molecule has 0 aromatic heterocycles. The monoisotopic (exact) mass is 268 g/mol. The average Bonchev–Trinajstić information content (AvgIpc) is 2.97. The van der Waals surface area contributed by atoms with E-state index in [-0.39, 0.29) is 12.5 Å². The Morgan fingerprint density at radius 2 is 1.94 bits per heavy atom. The number of carbonyl (C=O) groups is 2. The number of halogens is 3. The number of aliphatic carboxylic acids is 1. The van der Waals surface area contributed by atoms with Crippen molar-refractivity contribution in [1.82, 2.24) is 10.2 Å². The first-order valence-corrected chi connectivity index (χ1v) is 5.59. The number of alkyl halides is 3. The van der Waals surface area contributed by atoms with Crippen LogP contribution in [0.5, 0.6) is 0 Å². The van der Waals surface area contributed by atoms with Gasteiger partial charge in [-0.1, -0.05) is 0 Å². The third-order valence-corrected chi connectivity index (χ3v) is 2.47. The number of nitrogens with one attached hydrogen (secondary N) is 1. The fourth-order valence-electron chi connectivity index (χ4n) is 1.42. The molecule has 1 fully saturated rings. The van der Waals surface area contributed by atoms with Gasteiger partial charge in [0, 0.05) is 13.1 Å². The van der Waals surface area contributed by atoms with Crippen molar-refractivity contribution in [2.45, 2.75) is 25.4 Å². The second-order valence-corrected chi connectivity index (χ2v) is 4.31. The van der Waals surface area contributed by atoms with E-state index in [9.17, 15) is 22.8 Å². The SMILES string of the molecule is O=C(O)CN(CC1CC1)C(=O)NCCC(F)(F)F. The first-order valence-electron chi connectivity index (χ1n) is 5.59. The minimum atomic E-state index is -4.33. The number of urea groups is 1. The summed E-state index contributed by atoms with van der Waals surface area (Å²) in [5, 5.41) is 10.7. The molecule has 8 heteroatoms. The molecule has 2 N–H and O–H groups in total. The molecule has 18 heavy (non-hydrogen) atoms. The summed E-state index contributed by atoms with van der Waals surface area (Å²) in [6, 6.07) is -0.756. The van der Waals surface area contributed by atoms with Crippen molar-refractivity contribution >= 4 is 12.0 Å². The maximum absolute atomic E-state index is 11.9. The predicted octanol–water partition coefficient (Wildman–Crippen LogP) is 1.44. The van der Waals surface area contributed by atoms with E-state index in [0.717, 1.165) is 17.7 Å². The zero-order chi connectivity index (χ0) is 13.8. The highest BCUT2D eigenvalue weighted by molar-refractivity contribution is 5.80. The van der Waals surface area contributed by atoms with Gasteiger partial charge in [-0.2, -0.15) is 13.2 Å². The first kappa shape index (κ1) is 14.6. The molecule has 0 saturated heterocycles. The van der Waals surface area contributed by atoms with Gasteiger partial charge >= 0.3 is 18.2 Å². The summed E-state index contributed by atoms with van der Waals surface area (Å²) in [4.78, 5) is 23.1. The van der Waals surface area contributed by atoms with Crippen LogP contribution in [-0.2, 0) is 4.79 Å². The Morgan fingerprint density at radius 3 is 2.39 bits per heavy atom. The quantitative estimate of drug-likeness (QED) is 0.766. The van der Waals surface area contributed by atoms with Gasteiger partial charge in [0.2, 0.25) is 0 Å². The molecule has 0 heterocycles. The first-order chi connectivity index (χ1) is 8.28. The van der Waals surface area contributed by atoms with Crippen molar-refractivity contribution in [1.29, 1.82) is 0 Å². The van der Waals surface area contributed by atoms with Crippen LogP contribution in [0.1, 0.15) is 19.3 Å². The second-order valence-electron chi connectivity index (χ2n) is 4.31. The summed E-state index contributed by atoms with van der Waals surface area (Å²) in [7, 11) is 0. The molecule has 5 nitrogen and oxygen atoms in total. The standard InChI is InChI=1S/C10H15F3N2O3/c11-10(12,13)3-4-14-9(18)15(6-8(16)17)5-7-1-2-7/h7H,1-6H2,(H,14,18)(H,16,17). The molecule has 2 amide bonds. The van der Waals surface area contributed by atoms with Crippen LogP contribution in [0.4, 0.5) is 18.0 Å². The molecule has 0 aromatic rings. The Kier molecular flexibility index (Phi) is 4.80. The summed E-state index contributed by atoms with van der Waals surface area (Å²) in [6.07, 6.45) is -3.61. The Hall–Kier alpha value is -1.47. The lowest BCUT2D eigenvalue weighted by molar-refractivity contribution is -0.138. The molecule has 1 aliphatic carbocycles. The van der Waals surface area contributed by atoms with E-state index in [1.54, 1.807) is 0 Å². The Bertz CT molecular complexity index is 316. The normalized spacial score (nSPS) is 15.3. The zero-order valence-corrected chi connectivity index (χ0v) is 9.66. The largest absolute Gasteiger partial charge is 0.480 e. The predicted molar refractivity (Wildman–Crippen MR) is 56.0 cm³/mol. The van der Waals surface area contributed by atoms with Gasteiger partial charge in [0.1, 0.15) is 6.54 Å². The van der Waals surface area contributed by atoms with Gasteiger partial charge in [0.05, 0.1) is 6.42 Å². The van der Waals surface area contributed by atoms with E-state index in [0.29, 0.717) is 0 Å². The van der Waals surface area contributed by atoms with Crippen molar-refractivity contribution in [3.05, 3.63) is 0 Å². The van der Waals surface area contributed by atoms with Crippen molar-refractivity contribution in [2.75, 3.05) is 19.6 Å². The number of hydrogen-bond donors (Lipinski definition) is 2. The summed E-state index contributed by atoms with van der Waals surface area (Å²) in [5.41, 5.74) is 0. The van der Waals surface area contributed by atoms with Gasteiger partial charge in [-0.15, -0.1) is 0 Å². The molecule has 0 unspecified atom stereocenters. The smallest absolute Gasteiger partial charge is 0.390 e. The average molecular weight is 268 g/mol. The van der Waals surface area contributed by atoms with Crippen molar-refractivity contribution in [2.24, 2.45) is 5.92 Å². The fourth-order valence-corrected chi connectivity index (χ4v) is 1.42. The maximum Gasteiger partial charge on any atom is 0.390 e. The van der Waals surface area contributed by atoms with Crippen LogP contribution in [0.3, 0.4) is 0 Å². The van der Waals surface area contributed by atoms with Crippen LogP contribution >= 0.6 is 0 Å². The van der Waals surface area contributed by atoms with Crippen LogP contribution in [0.25, 0.3) is 0 Å². The Labute approximate surface area is 102 Å². The summed E-state index contributed by atoms with van der Waals surface area (Å²) in [6.45, 7) is -0.748. The molecule has 0 bridgehead atoms.